The summed E-state index contributed by atoms with van der Waals surface area (Å²) in [4.78, 5) is 4.67. The SMILES string of the molecule is CCNC(=NCC1(c2cccc(C(F)(F)F)c2)CCCC1)NC1CCS(=O)(=O)C1. The molecule has 1 saturated heterocycles. The third-order valence-electron chi connectivity index (χ3n) is 5.82. The molecule has 3 rings (SSSR count). The number of rotatable bonds is 5. The van der Waals surface area contributed by atoms with Crippen LogP contribution in [-0.4, -0.2) is 45.0 Å². The van der Waals surface area contributed by atoms with Crippen molar-refractivity contribution in [2.75, 3.05) is 24.6 Å². The predicted octanol–water partition coefficient (Wildman–Crippen LogP) is 3.26. The van der Waals surface area contributed by atoms with E-state index in [1.54, 1.807) is 6.07 Å². The first-order valence-corrected chi connectivity index (χ1v) is 11.9. The summed E-state index contributed by atoms with van der Waals surface area (Å²) in [6.07, 6.45) is -0.355. The highest BCUT2D eigenvalue weighted by Crippen LogP contribution is 2.43. The summed E-state index contributed by atoms with van der Waals surface area (Å²) >= 11 is 0. The zero-order chi connectivity index (χ0) is 21.1. The maximum absolute atomic E-state index is 13.2. The van der Waals surface area contributed by atoms with Gasteiger partial charge < -0.3 is 10.6 Å². The van der Waals surface area contributed by atoms with Crippen molar-refractivity contribution in [3.8, 4) is 0 Å². The van der Waals surface area contributed by atoms with Gasteiger partial charge in [-0.15, -0.1) is 0 Å². The summed E-state index contributed by atoms with van der Waals surface area (Å²) in [5, 5.41) is 6.31. The summed E-state index contributed by atoms with van der Waals surface area (Å²) < 4.78 is 63.0. The fourth-order valence-electron chi connectivity index (χ4n) is 4.27. The highest BCUT2D eigenvalue weighted by atomic mass is 32.2. The number of nitrogens with one attached hydrogen (secondary N) is 2. The van der Waals surface area contributed by atoms with Gasteiger partial charge in [0.05, 0.1) is 23.6 Å². The van der Waals surface area contributed by atoms with Gasteiger partial charge in [-0.05, 0) is 37.8 Å². The van der Waals surface area contributed by atoms with E-state index in [9.17, 15) is 21.6 Å². The molecule has 2 aliphatic rings. The molecule has 1 aromatic carbocycles. The zero-order valence-corrected chi connectivity index (χ0v) is 17.4. The Labute approximate surface area is 170 Å². The maximum atomic E-state index is 13.2. The van der Waals surface area contributed by atoms with Crippen molar-refractivity contribution in [1.82, 2.24) is 10.6 Å². The Morgan fingerprint density at radius 1 is 1.28 bits per heavy atom. The number of hydrogen-bond acceptors (Lipinski definition) is 3. The quantitative estimate of drug-likeness (QED) is 0.555. The van der Waals surface area contributed by atoms with Crippen molar-refractivity contribution in [3.63, 3.8) is 0 Å². The second kappa shape index (κ2) is 8.53. The lowest BCUT2D eigenvalue weighted by Crippen LogP contribution is -2.44. The third kappa shape index (κ3) is 5.43. The number of benzene rings is 1. The first-order chi connectivity index (χ1) is 13.6. The van der Waals surface area contributed by atoms with Crippen molar-refractivity contribution in [2.45, 2.75) is 56.7 Å². The molecule has 0 amide bonds. The van der Waals surface area contributed by atoms with E-state index in [0.717, 1.165) is 31.7 Å². The van der Waals surface area contributed by atoms with Crippen LogP contribution in [0.5, 0.6) is 0 Å². The van der Waals surface area contributed by atoms with Gasteiger partial charge in [-0.2, -0.15) is 13.2 Å². The average molecular weight is 432 g/mol. The molecule has 0 spiro atoms. The van der Waals surface area contributed by atoms with E-state index in [4.69, 9.17) is 0 Å². The van der Waals surface area contributed by atoms with Gasteiger partial charge in [0.15, 0.2) is 15.8 Å². The lowest BCUT2D eigenvalue weighted by atomic mass is 9.78. The topological polar surface area (TPSA) is 70.6 Å². The van der Waals surface area contributed by atoms with Crippen LogP contribution in [0.4, 0.5) is 13.2 Å². The van der Waals surface area contributed by atoms with Crippen molar-refractivity contribution in [2.24, 2.45) is 4.99 Å². The summed E-state index contributed by atoms with van der Waals surface area (Å²) in [7, 11) is -3.01. The van der Waals surface area contributed by atoms with Crippen molar-refractivity contribution in [1.29, 1.82) is 0 Å². The third-order valence-corrected chi connectivity index (χ3v) is 7.59. The largest absolute Gasteiger partial charge is 0.416 e. The number of alkyl halides is 3. The van der Waals surface area contributed by atoms with Crippen molar-refractivity contribution in [3.05, 3.63) is 35.4 Å². The molecule has 0 radical (unpaired) electrons. The highest BCUT2D eigenvalue weighted by molar-refractivity contribution is 7.91. The molecule has 1 unspecified atom stereocenters. The number of nitrogens with zero attached hydrogens (tertiary/aromatic N) is 1. The Kier molecular flexibility index (Phi) is 6.45. The second-order valence-corrected chi connectivity index (χ2v) is 10.2. The van der Waals surface area contributed by atoms with E-state index in [1.807, 2.05) is 6.92 Å². The van der Waals surface area contributed by atoms with Gasteiger partial charge in [-0.25, -0.2) is 8.42 Å². The molecule has 1 heterocycles. The molecule has 1 aliphatic carbocycles. The van der Waals surface area contributed by atoms with Crippen molar-refractivity contribution >= 4 is 15.8 Å². The molecule has 1 saturated carbocycles. The Hall–Kier alpha value is -1.77. The van der Waals surface area contributed by atoms with Gasteiger partial charge in [-0.1, -0.05) is 31.0 Å². The lowest BCUT2D eigenvalue weighted by Gasteiger charge is -2.29. The van der Waals surface area contributed by atoms with Crippen LogP contribution in [-0.2, 0) is 21.4 Å². The van der Waals surface area contributed by atoms with E-state index in [2.05, 4.69) is 15.6 Å². The van der Waals surface area contributed by atoms with Crippen LogP contribution < -0.4 is 10.6 Å². The van der Waals surface area contributed by atoms with Crippen LogP contribution >= 0.6 is 0 Å². The number of sulfone groups is 1. The fraction of sp³-hybridized carbons (Fsp3) is 0.650. The van der Waals surface area contributed by atoms with Crippen LogP contribution in [0, 0.1) is 0 Å². The molecule has 1 aliphatic heterocycles. The summed E-state index contributed by atoms with van der Waals surface area (Å²) in [5.74, 6) is 0.766. The molecular weight excluding hydrogens is 403 g/mol. The minimum atomic E-state index is -4.37. The van der Waals surface area contributed by atoms with Gasteiger partial charge >= 0.3 is 6.18 Å². The van der Waals surface area contributed by atoms with Gasteiger partial charge in [0.2, 0.25) is 0 Å². The highest BCUT2D eigenvalue weighted by Gasteiger charge is 2.38. The van der Waals surface area contributed by atoms with E-state index in [1.165, 1.54) is 12.1 Å². The molecule has 5 nitrogen and oxygen atoms in total. The second-order valence-electron chi connectivity index (χ2n) is 8.01. The van der Waals surface area contributed by atoms with Crippen LogP contribution in [0.1, 0.15) is 50.2 Å². The standard InChI is InChI=1S/C20H28F3N3O2S/c1-2-24-18(26-17-8-11-29(27,28)13-17)25-14-19(9-3-4-10-19)15-6-5-7-16(12-15)20(21,22)23/h5-7,12,17H,2-4,8-11,13-14H2,1H3,(H2,24,25,26). The van der Waals surface area contributed by atoms with E-state index >= 15 is 0 Å². The smallest absolute Gasteiger partial charge is 0.357 e. The molecule has 162 valence electrons. The Morgan fingerprint density at radius 3 is 2.59 bits per heavy atom. The summed E-state index contributed by atoms with van der Waals surface area (Å²) in [6.45, 7) is 2.89. The molecule has 9 heteroatoms. The van der Waals surface area contributed by atoms with Gasteiger partial charge in [0.1, 0.15) is 0 Å². The first kappa shape index (κ1) is 21.9. The Balaban J connectivity index is 1.81. The zero-order valence-electron chi connectivity index (χ0n) is 16.6. The number of hydrogen-bond donors (Lipinski definition) is 2. The summed E-state index contributed by atoms with van der Waals surface area (Å²) in [6, 6.07) is 5.40. The average Bonchev–Trinajstić information content (AvgIpc) is 3.26. The minimum Gasteiger partial charge on any atom is -0.357 e. The van der Waals surface area contributed by atoms with Gasteiger partial charge in [0.25, 0.3) is 0 Å². The first-order valence-electron chi connectivity index (χ1n) is 10.1. The fourth-order valence-corrected chi connectivity index (χ4v) is 5.94. The molecular formula is C20H28F3N3O2S. The number of aliphatic imine (C=N–C) groups is 1. The molecule has 2 N–H and O–H groups in total. The molecule has 0 bridgehead atoms. The van der Waals surface area contributed by atoms with Crippen molar-refractivity contribution < 1.29 is 21.6 Å². The minimum absolute atomic E-state index is 0.0795. The number of halogens is 3. The van der Waals surface area contributed by atoms with Gasteiger partial charge in [-0.3, -0.25) is 4.99 Å². The van der Waals surface area contributed by atoms with E-state index in [0.29, 0.717) is 31.0 Å². The molecule has 2 fully saturated rings. The van der Waals surface area contributed by atoms with Crippen LogP contribution in [0.2, 0.25) is 0 Å². The maximum Gasteiger partial charge on any atom is 0.416 e. The van der Waals surface area contributed by atoms with E-state index in [-0.39, 0.29) is 17.5 Å². The molecule has 1 aromatic rings. The molecule has 29 heavy (non-hydrogen) atoms. The van der Waals surface area contributed by atoms with Crippen LogP contribution in [0.25, 0.3) is 0 Å². The lowest BCUT2D eigenvalue weighted by molar-refractivity contribution is -0.137. The Bertz CT molecular complexity index is 847. The monoisotopic (exact) mass is 431 g/mol. The molecule has 0 aromatic heterocycles. The number of guanidine groups is 1. The van der Waals surface area contributed by atoms with Crippen LogP contribution in [0.15, 0.2) is 29.3 Å². The normalized spacial score (nSPS) is 23.9. The molecule has 1 atom stereocenters. The Morgan fingerprint density at radius 2 is 2.00 bits per heavy atom. The van der Waals surface area contributed by atoms with Crippen LogP contribution in [0.3, 0.4) is 0 Å². The predicted molar refractivity (Wildman–Crippen MR) is 108 cm³/mol. The van der Waals surface area contributed by atoms with E-state index < -0.39 is 27.0 Å². The summed E-state index contributed by atoms with van der Waals surface area (Å²) in [5.41, 5.74) is -0.384. The van der Waals surface area contributed by atoms with Gasteiger partial charge in [0, 0.05) is 18.0 Å².